The maximum Gasteiger partial charge on any atom is 0.252 e. The normalized spacial score (nSPS) is 19.1. The number of sulfonamides is 1. The number of imide groups is 1. The molecule has 1 saturated heterocycles. The highest BCUT2D eigenvalue weighted by atomic mass is 32.2. The largest absolute Gasteiger partial charge is 0.326 e. The Labute approximate surface area is 204 Å². The minimum atomic E-state index is -4.12. The summed E-state index contributed by atoms with van der Waals surface area (Å²) < 4.78 is 28.9. The number of hydrogen-bond acceptors (Lipinski definition) is 6. The van der Waals surface area contributed by atoms with Crippen molar-refractivity contribution < 1.29 is 22.8 Å². The molecule has 1 aliphatic heterocycles. The van der Waals surface area contributed by atoms with Gasteiger partial charge in [-0.15, -0.1) is 0 Å². The maximum atomic E-state index is 13.9. The first-order chi connectivity index (χ1) is 16.7. The first-order valence-corrected chi connectivity index (χ1v) is 12.9. The van der Waals surface area contributed by atoms with Crippen LogP contribution in [0.1, 0.15) is 51.0 Å². The molecule has 0 bridgehead atoms. The predicted molar refractivity (Wildman–Crippen MR) is 129 cm³/mol. The van der Waals surface area contributed by atoms with Crippen molar-refractivity contribution >= 4 is 39.1 Å². The van der Waals surface area contributed by atoms with Gasteiger partial charge in [0.2, 0.25) is 21.8 Å². The lowest BCUT2D eigenvalue weighted by Crippen LogP contribution is -2.51. The third-order valence-corrected chi connectivity index (χ3v) is 8.34. The van der Waals surface area contributed by atoms with Crippen molar-refractivity contribution in [2.75, 3.05) is 10.2 Å². The van der Waals surface area contributed by atoms with Crippen LogP contribution in [-0.2, 0) is 24.4 Å². The van der Waals surface area contributed by atoms with Crippen LogP contribution in [0.15, 0.2) is 53.4 Å². The molecule has 2 fully saturated rings. The van der Waals surface area contributed by atoms with Gasteiger partial charge in [-0.05, 0) is 61.4 Å². The highest BCUT2D eigenvalue weighted by Gasteiger charge is 2.49. The number of anilines is 2. The van der Waals surface area contributed by atoms with E-state index in [0.717, 1.165) is 24.2 Å². The average molecular weight is 495 g/mol. The number of nitrogens with one attached hydrogen (secondary N) is 1. The predicted octanol–water partition coefficient (Wildman–Crippen LogP) is 3.17. The van der Waals surface area contributed by atoms with Gasteiger partial charge < -0.3 is 5.32 Å². The first-order valence-electron chi connectivity index (χ1n) is 11.5. The molecule has 3 amide bonds. The van der Waals surface area contributed by atoms with Crippen LogP contribution in [-0.4, -0.2) is 42.5 Å². The second-order valence-electron chi connectivity index (χ2n) is 8.78. The van der Waals surface area contributed by atoms with Gasteiger partial charge in [0.25, 0.3) is 5.91 Å². The van der Waals surface area contributed by atoms with Gasteiger partial charge in [-0.2, -0.15) is 9.57 Å². The van der Waals surface area contributed by atoms with Crippen LogP contribution in [0.5, 0.6) is 0 Å². The highest BCUT2D eigenvalue weighted by Crippen LogP contribution is 2.35. The molecule has 35 heavy (non-hydrogen) atoms. The molecule has 2 aliphatic rings. The minimum absolute atomic E-state index is 0.00533. The molecule has 4 rings (SSSR count). The molecular formula is C25H26N4O5S. The van der Waals surface area contributed by atoms with Crippen LogP contribution in [0.3, 0.4) is 0 Å². The van der Waals surface area contributed by atoms with E-state index in [0.29, 0.717) is 29.8 Å². The van der Waals surface area contributed by atoms with Gasteiger partial charge in [0.1, 0.15) is 6.04 Å². The number of nitriles is 1. The Kier molecular flexibility index (Phi) is 7.00. The summed E-state index contributed by atoms with van der Waals surface area (Å²) in [5, 5.41) is 11.6. The number of carbonyl (C=O) groups is 3. The molecule has 1 N–H and O–H groups in total. The molecule has 1 saturated carbocycles. The minimum Gasteiger partial charge on any atom is -0.326 e. The summed E-state index contributed by atoms with van der Waals surface area (Å²) in [5.74, 6) is -1.35. The number of rotatable bonds is 6. The zero-order valence-corrected chi connectivity index (χ0v) is 20.1. The van der Waals surface area contributed by atoms with Gasteiger partial charge in [0, 0.05) is 18.7 Å². The Bertz CT molecular complexity index is 1280. The molecule has 1 aliphatic carbocycles. The summed E-state index contributed by atoms with van der Waals surface area (Å²) in [6, 6.07) is 12.3. The van der Waals surface area contributed by atoms with Crippen molar-refractivity contribution in [3.63, 3.8) is 0 Å². The van der Waals surface area contributed by atoms with E-state index in [2.05, 4.69) is 5.32 Å². The van der Waals surface area contributed by atoms with Gasteiger partial charge in [-0.3, -0.25) is 14.4 Å². The Balaban J connectivity index is 1.69. The van der Waals surface area contributed by atoms with E-state index in [4.69, 9.17) is 5.26 Å². The first kappa shape index (κ1) is 24.6. The van der Waals surface area contributed by atoms with Gasteiger partial charge in [0.15, 0.2) is 0 Å². The number of carbonyl (C=O) groups excluding carboxylic acids is 3. The van der Waals surface area contributed by atoms with E-state index in [-0.39, 0.29) is 17.2 Å². The van der Waals surface area contributed by atoms with Crippen LogP contribution < -0.4 is 10.2 Å². The fraction of sp³-hybridized carbons (Fsp3) is 0.360. The second kappa shape index (κ2) is 9.98. The lowest BCUT2D eigenvalue weighted by atomic mass is 9.94. The van der Waals surface area contributed by atoms with Gasteiger partial charge in [0.05, 0.1) is 28.6 Å². The Morgan fingerprint density at radius 3 is 2.23 bits per heavy atom. The lowest BCUT2D eigenvalue weighted by Gasteiger charge is -2.36. The summed E-state index contributed by atoms with van der Waals surface area (Å²) in [6.45, 7) is 1.36. The zero-order valence-electron chi connectivity index (χ0n) is 19.3. The van der Waals surface area contributed by atoms with Crippen molar-refractivity contribution in [2.24, 2.45) is 0 Å². The topological polar surface area (TPSA) is 128 Å². The lowest BCUT2D eigenvalue weighted by molar-refractivity contribution is -0.122. The highest BCUT2D eigenvalue weighted by molar-refractivity contribution is 7.89. The Hall–Kier alpha value is -3.55. The van der Waals surface area contributed by atoms with Crippen LogP contribution in [0.25, 0.3) is 0 Å². The quantitative estimate of drug-likeness (QED) is 0.615. The van der Waals surface area contributed by atoms with E-state index >= 15 is 0 Å². The van der Waals surface area contributed by atoms with E-state index in [1.165, 1.54) is 59.8 Å². The number of amides is 3. The van der Waals surface area contributed by atoms with Crippen molar-refractivity contribution in [1.29, 1.82) is 5.26 Å². The van der Waals surface area contributed by atoms with E-state index in [9.17, 15) is 22.8 Å². The van der Waals surface area contributed by atoms with Crippen LogP contribution >= 0.6 is 0 Å². The van der Waals surface area contributed by atoms with Crippen molar-refractivity contribution in [3.8, 4) is 6.07 Å². The molecule has 9 nitrogen and oxygen atoms in total. The van der Waals surface area contributed by atoms with E-state index < -0.39 is 33.9 Å². The average Bonchev–Trinajstić information content (AvgIpc) is 3.13. The fourth-order valence-electron chi connectivity index (χ4n) is 4.76. The van der Waals surface area contributed by atoms with Crippen molar-refractivity contribution in [1.82, 2.24) is 4.31 Å². The maximum absolute atomic E-state index is 13.9. The number of nitrogens with zero attached hydrogens (tertiary/aromatic N) is 3. The monoisotopic (exact) mass is 494 g/mol. The third kappa shape index (κ3) is 4.97. The van der Waals surface area contributed by atoms with Gasteiger partial charge in [-0.25, -0.2) is 13.3 Å². The van der Waals surface area contributed by atoms with Crippen LogP contribution in [0.2, 0.25) is 0 Å². The molecule has 2 aromatic carbocycles. The molecule has 10 heteroatoms. The van der Waals surface area contributed by atoms with Crippen LogP contribution in [0, 0.1) is 11.3 Å². The molecule has 2 aromatic rings. The van der Waals surface area contributed by atoms with Gasteiger partial charge in [-0.1, -0.05) is 19.3 Å². The summed E-state index contributed by atoms with van der Waals surface area (Å²) in [7, 11) is -4.12. The van der Waals surface area contributed by atoms with Crippen molar-refractivity contribution in [2.45, 2.75) is 62.4 Å². The SMILES string of the molecule is CC(=O)Nc1ccc(S(=O)(=O)N(C2CCCCC2)C2CC(=O)N(c3ccc(C#N)cc3)C2=O)cc1. The molecule has 182 valence electrons. The Morgan fingerprint density at radius 1 is 1.03 bits per heavy atom. The molecule has 1 unspecified atom stereocenters. The van der Waals surface area contributed by atoms with Gasteiger partial charge >= 0.3 is 0 Å². The zero-order chi connectivity index (χ0) is 25.2. The molecule has 1 heterocycles. The summed E-state index contributed by atoms with van der Waals surface area (Å²) in [4.78, 5) is 38.7. The van der Waals surface area contributed by atoms with Crippen molar-refractivity contribution in [3.05, 3.63) is 54.1 Å². The second-order valence-corrected chi connectivity index (χ2v) is 10.6. The summed E-state index contributed by atoms with van der Waals surface area (Å²) in [5.41, 5.74) is 1.15. The molecule has 0 aromatic heterocycles. The molecular weight excluding hydrogens is 468 g/mol. The van der Waals surface area contributed by atoms with E-state index in [1.54, 1.807) is 0 Å². The fourth-order valence-corrected chi connectivity index (χ4v) is 6.59. The number of benzene rings is 2. The summed E-state index contributed by atoms with van der Waals surface area (Å²) in [6.07, 6.45) is 3.64. The molecule has 0 radical (unpaired) electrons. The smallest absolute Gasteiger partial charge is 0.252 e. The van der Waals surface area contributed by atoms with E-state index in [1.807, 2.05) is 6.07 Å². The molecule has 1 atom stereocenters. The Morgan fingerprint density at radius 2 is 1.66 bits per heavy atom. The number of hydrogen-bond donors (Lipinski definition) is 1. The standard InChI is InChI=1S/C25H26N4O5S/c1-17(30)27-19-9-13-22(14-10-19)35(33,34)29(21-5-3-2-4-6-21)23-15-24(31)28(25(23)32)20-11-7-18(16-26)8-12-20/h7-14,21,23H,2-6,15H2,1H3,(H,27,30). The third-order valence-electron chi connectivity index (χ3n) is 6.37. The van der Waals surface area contributed by atoms with Crippen LogP contribution in [0.4, 0.5) is 11.4 Å². The molecule has 0 spiro atoms. The summed E-state index contributed by atoms with van der Waals surface area (Å²) >= 11 is 0.